The lowest BCUT2D eigenvalue weighted by molar-refractivity contribution is -0.143. The van der Waals surface area contributed by atoms with Crippen LogP contribution >= 0.6 is 0 Å². The highest BCUT2D eigenvalue weighted by molar-refractivity contribution is 5.76. The van der Waals surface area contributed by atoms with Gasteiger partial charge in [0.1, 0.15) is 0 Å². The van der Waals surface area contributed by atoms with E-state index in [-0.39, 0.29) is 18.5 Å². The standard InChI is InChI=1S/C74H139NO5/c1-3-5-7-9-11-13-15-17-19-39-42-46-50-54-58-62-66-72(77)71(70-76)75-73(78)67-63-59-55-51-47-43-40-37-35-33-31-29-27-25-23-21-20-22-24-26-28-30-32-34-36-38-41-45-49-53-57-61-65-69-80-74(79)68-64-60-56-52-48-44-18-16-14-12-10-8-6-4-2/h10,12,16,18,24,26,62,66,71-72,76-77H,3-9,11,13-15,17,19-23,25,27-61,63-65,67-70H2,1-2H3,(H,75,78)/b12-10-,18-16-,26-24-,66-62+. The molecule has 0 saturated heterocycles. The number of ether oxygens (including phenoxy) is 1. The highest BCUT2D eigenvalue weighted by Gasteiger charge is 2.18. The lowest BCUT2D eigenvalue weighted by atomic mass is 10.0. The highest BCUT2D eigenvalue weighted by atomic mass is 16.5. The molecule has 6 heteroatoms. The number of esters is 1. The van der Waals surface area contributed by atoms with E-state index in [1.165, 1.54) is 308 Å². The van der Waals surface area contributed by atoms with Gasteiger partial charge in [-0.25, -0.2) is 0 Å². The van der Waals surface area contributed by atoms with Crippen molar-refractivity contribution in [2.75, 3.05) is 13.2 Å². The quantitative estimate of drug-likeness (QED) is 0.0320. The van der Waals surface area contributed by atoms with Crippen molar-refractivity contribution < 1.29 is 24.5 Å². The van der Waals surface area contributed by atoms with Crippen molar-refractivity contribution in [1.29, 1.82) is 0 Å². The third kappa shape index (κ3) is 65.0. The van der Waals surface area contributed by atoms with Gasteiger partial charge in [-0.15, -0.1) is 0 Å². The Balaban J connectivity index is 3.37. The van der Waals surface area contributed by atoms with Gasteiger partial charge in [0, 0.05) is 12.8 Å². The number of amides is 1. The molecule has 0 spiro atoms. The predicted molar refractivity (Wildman–Crippen MR) is 352 cm³/mol. The van der Waals surface area contributed by atoms with E-state index in [0.717, 1.165) is 51.4 Å². The zero-order chi connectivity index (χ0) is 57.8. The molecule has 0 saturated carbocycles. The first kappa shape index (κ1) is 77.8. The van der Waals surface area contributed by atoms with Crippen molar-refractivity contribution in [3.8, 4) is 0 Å². The van der Waals surface area contributed by atoms with E-state index in [9.17, 15) is 19.8 Å². The summed E-state index contributed by atoms with van der Waals surface area (Å²) in [5.74, 6) is -0.0589. The molecule has 0 aliphatic heterocycles. The van der Waals surface area contributed by atoms with Crippen LogP contribution in [-0.4, -0.2) is 47.4 Å². The minimum absolute atomic E-state index is 0.00379. The summed E-state index contributed by atoms with van der Waals surface area (Å²) in [6.45, 7) is 4.88. The number of rotatable bonds is 67. The van der Waals surface area contributed by atoms with E-state index in [1.807, 2.05) is 6.08 Å². The van der Waals surface area contributed by atoms with Crippen LogP contribution in [0.3, 0.4) is 0 Å². The van der Waals surface area contributed by atoms with E-state index in [0.29, 0.717) is 19.4 Å². The van der Waals surface area contributed by atoms with Crippen LogP contribution in [0.2, 0.25) is 0 Å². The molecular formula is C74H139NO5. The first-order valence-corrected chi connectivity index (χ1v) is 35.9. The summed E-state index contributed by atoms with van der Waals surface area (Å²) in [6.07, 6.45) is 90.6. The van der Waals surface area contributed by atoms with Crippen molar-refractivity contribution in [3.05, 3.63) is 48.6 Å². The maximum Gasteiger partial charge on any atom is 0.305 e. The first-order chi connectivity index (χ1) is 39.5. The molecule has 0 aromatic rings. The topological polar surface area (TPSA) is 95.9 Å². The summed E-state index contributed by atoms with van der Waals surface area (Å²) in [4.78, 5) is 24.5. The van der Waals surface area contributed by atoms with E-state index in [1.54, 1.807) is 6.08 Å². The Morgan fingerprint density at radius 2 is 0.637 bits per heavy atom. The number of carbonyl (C=O) groups is 2. The predicted octanol–water partition coefficient (Wildman–Crippen LogP) is 23.3. The maximum absolute atomic E-state index is 12.5. The van der Waals surface area contributed by atoms with Crippen LogP contribution in [0.25, 0.3) is 0 Å². The summed E-state index contributed by atoms with van der Waals surface area (Å²) in [5, 5.41) is 23.2. The third-order valence-electron chi connectivity index (χ3n) is 16.6. The number of aliphatic hydroxyl groups excluding tert-OH is 2. The number of nitrogens with one attached hydrogen (secondary N) is 1. The van der Waals surface area contributed by atoms with Crippen LogP contribution in [0.4, 0.5) is 0 Å². The summed E-state index contributed by atoms with van der Waals surface area (Å²) in [6, 6.07) is -0.626. The molecular weight excluding hydrogens is 983 g/mol. The number of aliphatic hydroxyl groups is 2. The van der Waals surface area contributed by atoms with Crippen LogP contribution in [-0.2, 0) is 14.3 Å². The van der Waals surface area contributed by atoms with Gasteiger partial charge in [-0.2, -0.15) is 0 Å². The Morgan fingerprint density at radius 3 is 1.00 bits per heavy atom. The largest absolute Gasteiger partial charge is 0.466 e. The van der Waals surface area contributed by atoms with Crippen LogP contribution < -0.4 is 5.32 Å². The van der Waals surface area contributed by atoms with Gasteiger partial charge in [-0.3, -0.25) is 9.59 Å². The molecule has 0 radical (unpaired) electrons. The average molecular weight is 1120 g/mol. The second-order valence-corrected chi connectivity index (χ2v) is 24.6. The Bertz CT molecular complexity index is 1340. The molecule has 0 aromatic carbocycles. The van der Waals surface area contributed by atoms with Crippen molar-refractivity contribution in [3.63, 3.8) is 0 Å². The van der Waals surface area contributed by atoms with Crippen LogP contribution in [0.15, 0.2) is 48.6 Å². The molecule has 0 bridgehead atoms. The van der Waals surface area contributed by atoms with Gasteiger partial charge in [0.2, 0.25) is 5.91 Å². The molecule has 2 unspecified atom stereocenters. The highest BCUT2D eigenvalue weighted by Crippen LogP contribution is 2.18. The molecule has 3 N–H and O–H groups in total. The van der Waals surface area contributed by atoms with Crippen LogP contribution in [0.5, 0.6) is 0 Å². The normalized spacial score (nSPS) is 12.8. The third-order valence-corrected chi connectivity index (χ3v) is 16.6. The minimum Gasteiger partial charge on any atom is -0.466 e. The van der Waals surface area contributed by atoms with E-state index < -0.39 is 12.1 Å². The first-order valence-electron chi connectivity index (χ1n) is 35.9. The van der Waals surface area contributed by atoms with E-state index >= 15 is 0 Å². The molecule has 0 aliphatic carbocycles. The monoisotopic (exact) mass is 1120 g/mol. The summed E-state index contributed by atoms with van der Waals surface area (Å²) >= 11 is 0. The molecule has 2 atom stereocenters. The Morgan fingerprint density at radius 1 is 0.350 bits per heavy atom. The molecule has 80 heavy (non-hydrogen) atoms. The second-order valence-electron chi connectivity index (χ2n) is 24.6. The van der Waals surface area contributed by atoms with Crippen molar-refractivity contribution in [2.24, 2.45) is 0 Å². The number of carbonyl (C=O) groups excluding carboxylic acids is 2. The number of hydrogen-bond donors (Lipinski definition) is 3. The molecule has 0 heterocycles. The number of unbranched alkanes of at least 4 members (excludes halogenated alkanes) is 50. The molecule has 0 fully saturated rings. The fraction of sp³-hybridized carbons (Fsp3) is 0.865. The van der Waals surface area contributed by atoms with Crippen molar-refractivity contribution >= 4 is 11.9 Å². The Labute approximate surface area is 499 Å². The lowest BCUT2D eigenvalue weighted by Crippen LogP contribution is -2.45. The minimum atomic E-state index is -0.843. The zero-order valence-corrected chi connectivity index (χ0v) is 53.8. The molecule has 470 valence electrons. The summed E-state index contributed by atoms with van der Waals surface area (Å²) in [7, 11) is 0. The van der Waals surface area contributed by atoms with Gasteiger partial charge in [-0.1, -0.05) is 339 Å². The Hall–Kier alpha value is -2.18. The average Bonchev–Trinajstić information content (AvgIpc) is 3.46. The molecule has 0 rings (SSSR count). The van der Waals surface area contributed by atoms with E-state index in [4.69, 9.17) is 4.74 Å². The van der Waals surface area contributed by atoms with Crippen molar-refractivity contribution in [2.45, 2.75) is 398 Å². The van der Waals surface area contributed by atoms with Gasteiger partial charge >= 0.3 is 5.97 Å². The Kier molecular flexibility index (Phi) is 67.4. The van der Waals surface area contributed by atoms with Gasteiger partial charge in [-0.05, 0) is 83.5 Å². The zero-order valence-electron chi connectivity index (χ0n) is 53.8. The van der Waals surface area contributed by atoms with Gasteiger partial charge in [0.25, 0.3) is 0 Å². The molecule has 0 aliphatic rings. The van der Waals surface area contributed by atoms with Gasteiger partial charge in [0.05, 0.1) is 25.4 Å². The van der Waals surface area contributed by atoms with Crippen LogP contribution in [0.1, 0.15) is 386 Å². The van der Waals surface area contributed by atoms with Gasteiger partial charge in [0.15, 0.2) is 0 Å². The maximum atomic E-state index is 12.5. The van der Waals surface area contributed by atoms with Crippen molar-refractivity contribution in [1.82, 2.24) is 5.32 Å². The molecule has 1 amide bonds. The molecule has 6 nitrogen and oxygen atoms in total. The van der Waals surface area contributed by atoms with Crippen LogP contribution in [0, 0.1) is 0 Å². The summed E-state index contributed by atoms with van der Waals surface area (Å²) < 4.78 is 5.48. The number of allylic oxidation sites excluding steroid dienone is 7. The number of hydrogen-bond acceptors (Lipinski definition) is 5. The second kappa shape index (κ2) is 69.3. The smallest absolute Gasteiger partial charge is 0.305 e. The fourth-order valence-electron chi connectivity index (χ4n) is 11.1. The lowest BCUT2D eigenvalue weighted by Gasteiger charge is -2.20. The fourth-order valence-corrected chi connectivity index (χ4v) is 11.1. The van der Waals surface area contributed by atoms with E-state index in [2.05, 4.69) is 55.6 Å². The molecule has 0 aromatic heterocycles. The summed E-state index contributed by atoms with van der Waals surface area (Å²) in [5.41, 5.74) is 0. The van der Waals surface area contributed by atoms with Gasteiger partial charge < -0.3 is 20.3 Å². The SMILES string of the molecule is CCCC/C=C\C/C=C\CCCCCCCC(=O)OCCCCCCCCCCCCCC/C=C\CCCCCCCCCCCCCCCCCCCC(=O)NC(CO)C(O)/C=C/CCCCCCCCCCCCCCCC.